The fourth-order valence-corrected chi connectivity index (χ4v) is 4.35. The molecule has 1 N–H and O–H groups in total. The molecule has 5 rings (SSSR count). The number of aromatic nitrogens is 4. The van der Waals surface area contributed by atoms with Gasteiger partial charge in [0.05, 0.1) is 18.2 Å². The van der Waals surface area contributed by atoms with Crippen molar-refractivity contribution in [1.29, 1.82) is 0 Å². The third-order valence-corrected chi connectivity index (χ3v) is 6.65. The predicted molar refractivity (Wildman–Crippen MR) is 137 cm³/mol. The minimum absolute atomic E-state index is 0.0209. The highest BCUT2D eigenvalue weighted by Crippen LogP contribution is 2.42. The van der Waals surface area contributed by atoms with Gasteiger partial charge in [0.25, 0.3) is 0 Å². The zero-order valence-corrected chi connectivity index (χ0v) is 21.1. The van der Waals surface area contributed by atoms with E-state index in [4.69, 9.17) is 42.8 Å². The maximum Gasteiger partial charge on any atom is 0.303 e. The van der Waals surface area contributed by atoms with Gasteiger partial charge in [0.15, 0.2) is 11.2 Å². The first-order valence-corrected chi connectivity index (χ1v) is 12.4. The number of ether oxygens (including phenoxy) is 2. The number of carbonyl (C=O) groups is 1. The number of carboxylic acid groups (broad SMARTS) is 1. The molecule has 0 radical (unpaired) electrons. The van der Waals surface area contributed by atoms with Crippen LogP contribution in [0.2, 0.25) is 10.0 Å². The summed E-state index contributed by atoms with van der Waals surface area (Å²) < 4.78 is 13.9. The number of imidazole rings is 1. The zero-order chi connectivity index (χ0) is 25.3. The average molecular weight is 527 g/mol. The minimum atomic E-state index is -0.868. The molecule has 2 aromatic heterocycles. The Morgan fingerprint density at radius 1 is 1.17 bits per heavy atom. The van der Waals surface area contributed by atoms with Crippen LogP contribution in [-0.2, 0) is 11.3 Å². The number of hydrogen-bond donors (Lipinski definition) is 1. The quantitative estimate of drug-likeness (QED) is 0.252. The summed E-state index contributed by atoms with van der Waals surface area (Å²) in [6.45, 7) is 2.73. The Morgan fingerprint density at radius 2 is 1.97 bits per heavy atom. The molecular weight excluding hydrogens is 503 g/mol. The smallest absolute Gasteiger partial charge is 0.303 e. The molecule has 0 atom stereocenters. The molecule has 8 nitrogen and oxygen atoms in total. The summed E-state index contributed by atoms with van der Waals surface area (Å²) in [5.41, 5.74) is 2.54. The van der Waals surface area contributed by atoms with Crippen LogP contribution in [0, 0.1) is 0 Å². The first-order chi connectivity index (χ1) is 17.3. The second kappa shape index (κ2) is 9.95. The fraction of sp³-hybridized carbons (Fsp3) is 0.308. The molecule has 1 aliphatic rings. The van der Waals surface area contributed by atoms with E-state index >= 15 is 0 Å². The number of nitrogens with zero attached hydrogens (tertiary/aromatic N) is 4. The van der Waals surface area contributed by atoms with Crippen LogP contribution in [-0.4, -0.2) is 42.8 Å². The topological polar surface area (TPSA) is 99.4 Å². The van der Waals surface area contributed by atoms with Crippen molar-refractivity contribution in [3.8, 4) is 23.0 Å². The van der Waals surface area contributed by atoms with Crippen molar-refractivity contribution >= 4 is 40.3 Å². The molecule has 1 aliphatic carbocycles. The average Bonchev–Trinajstić information content (AvgIpc) is 3.46. The summed E-state index contributed by atoms with van der Waals surface area (Å²) in [6.07, 6.45) is 3.79. The van der Waals surface area contributed by atoms with Crippen molar-refractivity contribution in [1.82, 2.24) is 19.5 Å². The predicted octanol–water partition coefficient (Wildman–Crippen LogP) is 6.02. The number of benzene rings is 2. The summed E-state index contributed by atoms with van der Waals surface area (Å²) in [7, 11) is 0. The maximum atomic E-state index is 10.8. The van der Waals surface area contributed by atoms with E-state index in [2.05, 4.69) is 9.97 Å². The number of halogens is 2. The molecule has 2 heterocycles. The number of fused-ring (bicyclic) bond motifs is 1. The van der Waals surface area contributed by atoms with Gasteiger partial charge in [-0.05, 0) is 56.0 Å². The van der Waals surface area contributed by atoms with Crippen LogP contribution in [0.1, 0.15) is 38.2 Å². The SMILES string of the molecule is CC1(Oc2ncnc3c2nc(-c2cccc(OCCCC(=O)O)c2Cl)n3Cc2cccc(Cl)c2)CC1. The maximum absolute atomic E-state index is 10.8. The van der Waals surface area contributed by atoms with Crippen LogP contribution in [0.5, 0.6) is 11.6 Å². The molecule has 186 valence electrons. The van der Waals surface area contributed by atoms with Gasteiger partial charge < -0.3 is 19.1 Å². The second-order valence-corrected chi connectivity index (χ2v) is 9.83. The van der Waals surface area contributed by atoms with Gasteiger partial charge in [0, 0.05) is 17.0 Å². The van der Waals surface area contributed by atoms with E-state index in [-0.39, 0.29) is 18.6 Å². The standard InChI is InChI=1S/C26H24Cl2N4O4/c1-26(10-11-26)36-25-22-24(29-15-30-25)32(14-16-5-2-6-17(27)13-16)23(31-22)18-7-3-8-19(21(18)28)35-12-4-9-20(33)34/h2-3,5-8,13,15H,4,9-12,14H2,1H3,(H,33,34). The van der Waals surface area contributed by atoms with Crippen molar-refractivity contribution in [3.63, 3.8) is 0 Å². The van der Waals surface area contributed by atoms with E-state index in [1.165, 1.54) is 6.33 Å². The fourth-order valence-electron chi connectivity index (χ4n) is 3.88. The Bertz CT molecular complexity index is 1430. The number of aliphatic carboxylic acids is 1. The lowest BCUT2D eigenvalue weighted by molar-refractivity contribution is -0.137. The summed E-state index contributed by atoms with van der Waals surface area (Å²) >= 11 is 13.0. The molecule has 0 unspecified atom stereocenters. The number of carboxylic acids is 1. The number of hydrogen-bond acceptors (Lipinski definition) is 6. The van der Waals surface area contributed by atoms with Crippen molar-refractivity contribution in [2.24, 2.45) is 0 Å². The van der Waals surface area contributed by atoms with Gasteiger partial charge in [-0.15, -0.1) is 0 Å². The van der Waals surface area contributed by atoms with E-state index in [9.17, 15) is 4.79 Å². The van der Waals surface area contributed by atoms with Crippen molar-refractivity contribution in [2.45, 2.75) is 44.8 Å². The molecule has 0 saturated heterocycles. The van der Waals surface area contributed by atoms with Crippen LogP contribution in [0.25, 0.3) is 22.6 Å². The van der Waals surface area contributed by atoms with Gasteiger partial charge in [-0.1, -0.05) is 41.4 Å². The van der Waals surface area contributed by atoms with Gasteiger partial charge in [-0.3, -0.25) is 4.79 Å². The van der Waals surface area contributed by atoms with Crippen LogP contribution < -0.4 is 9.47 Å². The summed E-state index contributed by atoms with van der Waals surface area (Å²) in [6, 6.07) is 13.0. The highest BCUT2D eigenvalue weighted by Gasteiger charge is 2.41. The molecule has 0 amide bonds. The first-order valence-electron chi connectivity index (χ1n) is 11.6. The molecule has 36 heavy (non-hydrogen) atoms. The normalized spacial score (nSPS) is 14.1. The highest BCUT2D eigenvalue weighted by atomic mass is 35.5. The molecule has 1 fully saturated rings. The molecule has 1 saturated carbocycles. The van der Waals surface area contributed by atoms with Gasteiger partial charge >= 0.3 is 5.97 Å². The van der Waals surface area contributed by atoms with E-state index in [1.807, 2.05) is 47.9 Å². The largest absolute Gasteiger partial charge is 0.492 e. The highest BCUT2D eigenvalue weighted by molar-refractivity contribution is 6.34. The van der Waals surface area contributed by atoms with Gasteiger partial charge in [-0.2, -0.15) is 4.98 Å². The molecule has 4 aromatic rings. The number of rotatable bonds is 10. The Labute approximate surface area is 217 Å². The Balaban J connectivity index is 1.58. The van der Waals surface area contributed by atoms with Crippen molar-refractivity contribution in [2.75, 3.05) is 6.61 Å². The molecule has 2 aromatic carbocycles. The zero-order valence-electron chi connectivity index (χ0n) is 19.6. The van der Waals surface area contributed by atoms with Crippen LogP contribution in [0.15, 0.2) is 48.8 Å². The third-order valence-electron chi connectivity index (χ3n) is 6.02. The van der Waals surface area contributed by atoms with Crippen LogP contribution in [0.3, 0.4) is 0 Å². The molecule has 10 heteroatoms. The molecule has 0 bridgehead atoms. The monoisotopic (exact) mass is 526 g/mol. The van der Waals surface area contributed by atoms with E-state index in [0.29, 0.717) is 57.2 Å². The molecule has 0 aliphatic heterocycles. The Kier molecular flexibility index (Phi) is 6.73. The Hall–Kier alpha value is -3.36. The minimum Gasteiger partial charge on any atom is -0.492 e. The first kappa shape index (κ1) is 24.3. The lowest BCUT2D eigenvalue weighted by Crippen LogP contribution is -2.13. The van der Waals surface area contributed by atoms with E-state index in [1.54, 1.807) is 6.07 Å². The van der Waals surface area contributed by atoms with Gasteiger partial charge in [0.1, 0.15) is 23.5 Å². The van der Waals surface area contributed by atoms with Crippen LogP contribution in [0.4, 0.5) is 0 Å². The lowest BCUT2D eigenvalue weighted by atomic mass is 10.1. The van der Waals surface area contributed by atoms with E-state index < -0.39 is 5.97 Å². The Morgan fingerprint density at radius 3 is 2.72 bits per heavy atom. The molecular formula is C26H24Cl2N4O4. The summed E-state index contributed by atoms with van der Waals surface area (Å²) in [5.74, 6) is 0.599. The van der Waals surface area contributed by atoms with Crippen molar-refractivity contribution in [3.05, 3.63) is 64.4 Å². The van der Waals surface area contributed by atoms with Gasteiger partial charge in [0.2, 0.25) is 5.88 Å². The van der Waals surface area contributed by atoms with Crippen molar-refractivity contribution < 1.29 is 19.4 Å². The van der Waals surface area contributed by atoms with Gasteiger partial charge in [-0.25, -0.2) is 9.97 Å². The summed E-state index contributed by atoms with van der Waals surface area (Å²) in [4.78, 5) is 24.6. The second-order valence-electron chi connectivity index (χ2n) is 9.02. The molecule has 0 spiro atoms. The summed E-state index contributed by atoms with van der Waals surface area (Å²) in [5, 5.41) is 9.88. The van der Waals surface area contributed by atoms with E-state index in [0.717, 1.165) is 18.4 Å². The van der Waals surface area contributed by atoms with Crippen LogP contribution >= 0.6 is 23.2 Å². The third kappa shape index (κ3) is 5.24. The lowest BCUT2D eigenvalue weighted by Gasteiger charge is -2.13.